The van der Waals surface area contributed by atoms with Crippen molar-refractivity contribution in [1.29, 1.82) is 0 Å². The Hall–Kier alpha value is -3.15. The Labute approximate surface area is 202 Å². The molecule has 0 spiro atoms. The van der Waals surface area contributed by atoms with Crippen molar-refractivity contribution in [1.82, 2.24) is 15.1 Å². The maximum atomic E-state index is 11.6. The van der Waals surface area contributed by atoms with Crippen LogP contribution in [0.15, 0.2) is 77.3 Å². The normalized spacial score (nSPS) is 14.4. The Balaban J connectivity index is 1.99. The molecule has 168 valence electrons. The summed E-state index contributed by atoms with van der Waals surface area (Å²) in [6, 6.07) is 15.2. The van der Waals surface area contributed by atoms with Crippen LogP contribution in [0.25, 0.3) is 16.9 Å². The number of allylic oxidation sites excluding steroid dienone is 4. The van der Waals surface area contributed by atoms with E-state index in [1.54, 1.807) is 12.1 Å². The number of nitrogens with zero attached hydrogens (tertiary/aromatic N) is 2. The molecule has 1 N–H and O–H groups in total. The van der Waals surface area contributed by atoms with E-state index in [0.29, 0.717) is 10.0 Å². The Kier molecular flexibility index (Phi) is 6.82. The monoisotopic (exact) mass is 479 g/mol. The maximum Gasteiger partial charge on any atom is 0.124 e. The van der Waals surface area contributed by atoms with E-state index in [1.807, 2.05) is 61.1 Å². The van der Waals surface area contributed by atoms with Crippen LogP contribution < -0.4 is 5.32 Å². The van der Waals surface area contributed by atoms with Gasteiger partial charge in [-0.2, -0.15) is 5.10 Å². The summed E-state index contributed by atoms with van der Waals surface area (Å²) in [7, 11) is 0. The zero-order valence-corrected chi connectivity index (χ0v) is 19.8. The summed E-state index contributed by atoms with van der Waals surface area (Å²) in [5, 5.41) is 9.14. The highest BCUT2D eigenvalue weighted by Gasteiger charge is 2.32. The first kappa shape index (κ1) is 23.0. The van der Waals surface area contributed by atoms with E-state index in [1.165, 1.54) is 0 Å². The molecule has 0 saturated heterocycles. The van der Waals surface area contributed by atoms with Crippen LogP contribution in [-0.2, 0) is 9.59 Å². The summed E-state index contributed by atoms with van der Waals surface area (Å²) < 4.78 is 1.82. The number of halogens is 2. The Morgan fingerprint density at radius 2 is 1.58 bits per heavy atom. The van der Waals surface area contributed by atoms with Crippen LogP contribution in [0, 0.1) is 0 Å². The molecule has 3 aromatic rings. The summed E-state index contributed by atoms with van der Waals surface area (Å²) in [5.74, 6) is -0.274. The van der Waals surface area contributed by atoms with Gasteiger partial charge in [0.15, 0.2) is 0 Å². The summed E-state index contributed by atoms with van der Waals surface area (Å²) in [6.07, 6.45) is 4.26. The van der Waals surface area contributed by atoms with E-state index in [9.17, 15) is 9.59 Å². The average Bonchev–Trinajstić information content (AvgIpc) is 3.25. The number of para-hydroxylation sites is 1. The van der Waals surface area contributed by atoms with Crippen LogP contribution in [0.4, 0.5) is 0 Å². The summed E-state index contributed by atoms with van der Waals surface area (Å²) in [4.78, 5) is 23.2. The third-order valence-electron chi connectivity index (χ3n) is 5.91. The van der Waals surface area contributed by atoms with Gasteiger partial charge in [-0.1, -0.05) is 47.5 Å². The minimum atomic E-state index is -0.274. The number of carbonyl (C=O) groups excluding carboxylic acids is 2. The minimum Gasteiger partial charge on any atom is -0.363 e. The van der Waals surface area contributed by atoms with Gasteiger partial charge >= 0.3 is 0 Å². The van der Waals surface area contributed by atoms with Crippen LogP contribution in [0.2, 0.25) is 10.0 Å². The van der Waals surface area contributed by atoms with Gasteiger partial charge in [0, 0.05) is 47.5 Å². The molecule has 1 aliphatic heterocycles. The van der Waals surface area contributed by atoms with Gasteiger partial charge in [0.1, 0.15) is 12.6 Å². The number of nitrogens with one attached hydrogen (secondary N) is 1. The molecule has 2 heterocycles. The molecule has 0 unspecified atom stereocenters. The van der Waals surface area contributed by atoms with Crippen LogP contribution in [-0.4, -0.2) is 22.4 Å². The number of benzene rings is 2. The topological polar surface area (TPSA) is 64.0 Å². The van der Waals surface area contributed by atoms with Crippen molar-refractivity contribution < 1.29 is 9.59 Å². The molecule has 33 heavy (non-hydrogen) atoms. The lowest BCUT2D eigenvalue weighted by Gasteiger charge is -2.31. The molecule has 0 aliphatic carbocycles. The molecule has 1 aliphatic rings. The molecular weight excluding hydrogens is 457 g/mol. The van der Waals surface area contributed by atoms with Crippen molar-refractivity contribution in [3.05, 3.63) is 92.9 Å². The molecule has 0 radical (unpaired) electrons. The lowest BCUT2D eigenvalue weighted by atomic mass is 9.78. The average molecular weight is 480 g/mol. The molecule has 0 bridgehead atoms. The highest BCUT2D eigenvalue weighted by Crippen LogP contribution is 2.44. The molecule has 4 rings (SSSR count). The first-order chi connectivity index (χ1) is 15.9. The Morgan fingerprint density at radius 1 is 0.939 bits per heavy atom. The maximum absolute atomic E-state index is 11.6. The number of dihydropyridines is 1. The fourth-order valence-corrected chi connectivity index (χ4v) is 4.66. The first-order valence-electron chi connectivity index (χ1n) is 10.6. The van der Waals surface area contributed by atoms with Crippen molar-refractivity contribution in [3.63, 3.8) is 0 Å². The number of hydrogen-bond acceptors (Lipinski definition) is 4. The van der Waals surface area contributed by atoms with E-state index in [-0.39, 0.29) is 18.8 Å². The van der Waals surface area contributed by atoms with Gasteiger partial charge < -0.3 is 14.9 Å². The van der Waals surface area contributed by atoms with Gasteiger partial charge in [-0.3, -0.25) is 0 Å². The van der Waals surface area contributed by atoms with Crippen LogP contribution in [0.3, 0.4) is 0 Å². The van der Waals surface area contributed by atoms with Gasteiger partial charge in [0.05, 0.1) is 21.4 Å². The zero-order chi connectivity index (χ0) is 23.5. The number of aldehydes is 2. The van der Waals surface area contributed by atoms with Crippen LogP contribution in [0.5, 0.6) is 0 Å². The summed E-state index contributed by atoms with van der Waals surface area (Å²) in [5.41, 5.74) is 6.97. The van der Waals surface area contributed by atoms with Gasteiger partial charge in [0.25, 0.3) is 0 Å². The molecule has 5 nitrogen and oxygen atoms in total. The van der Waals surface area contributed by atoms with E-state index in [4.69, 9.17) is 28.3 Å². The second-order valence-electron chi connectivity index (χ2n) is 7.94. The van der Waals surface area contributed by atoms with Crippen LogP contribution in [0.1, 0.15) is 38.2 Å². The zero-order valence-electron chi connectivity index (χ0n) is 18.3. The predicted molar refractivity (Wildman–Crippen MR) is 132 cm³/mol. The number of hydrogen-bond donors (Lipinski definition) is 1. The predicted octanol–water partition coefficient (Wildman–Crippen LogP) is 6.26. The van der Waals surface area contributed by atoms with Gasteiger partial charge in [0.2, 0.25) is 0 Å². The van der Waals surface area contributed by atoms with Crippen molar-refractivity contribution in [2.24, 2.45) is 0 Å². The second-order valence-corrected chi connectivity index (χ2v) is 8.76. The third kappa shape index (κ3) is 4.52. The largest absolute Gasteiger partial charge is 0.363 e. The number of carbonyl (C=O) groups is 2. The Morgan fingerprint density at radius 3 is 2.15 bits per heavy atom. The van der Waals surface area contributed by atoms with Gasteiger partial charge in [-0.25, -0.2) is 4.68 Å². The third-order valence-corrected chi connectivity index (χ3v) is 6.65. The van der Waals surface area contributed by atoms with E-state index >= 15 is 0 Å². The highest BCUT2D eigenvalue weighted by atomic mass is 35.5. The molecule has 0 atom stereocenters. The van der Waals surface area contributed by atoms with E-state index in [2.05, 4.69) is 5.32 Å². The SMILES string of the molecule is CC1=C(CC=O)C(c2cn(-c3ccccc3)nc2-c2ccc(Cl)c(Cl)c2)C(CC=O)=C(C)N1. The molecule has 2 aromatic carbocycles. The fraction of sp³-hybridized carbons (Fsp3) is 0.192. The molecular formula is C26H23Cl2N3O2. The summed E-state index contributed by atoms with van der Waals surface area (Å²) >= 11 is 12.5. The minimum absolute atomic E-state index is 0.246. The Bertz CT molecular complexity index is 1240. The molecule has 0 fully saturated rings. The van der Waals surface area contributed by atoms with E-state index < -0.39 is 0 Å². The molecule has 1 aromatic heterocycles. The van der Waals surface area contributed by atoms with Crippen molar-refractivity contribution in [3.8, 4) is 16.9 Å². The lowest BCUT2D eigenvalue weighted by Crippen LogP contribution is -2.25. The fourth-order valence-electron chi connectivity index (χ4n) is 4.36. The van der Waals surface area contributed by atoms with Crippen molar-refractivity contribution >= 4 is 35.8 Å². The second kappa shape index (κ2) is 9.77. The van der Waals surface area contributed by atoms with Gasteiger partial charge in [-0.15, -0.1) is 0 Å². The molecule has 0 saturated carbocycles. The van der Waals surface area contributed by atoms with Crippen molar-refractivity contribution in [2.45, 2.75) is 32.6 Å². The highest BCUT2D eigenvalue weighted by molar-refractivity contribution is 6.42. The lowest BCUT2D eigenvalue weighted by molar-refractivity contribution is -0.107. The molecule has 7 heteroatoms. The standard InChI is InChI=1S/C26H23Cl2N3O2/c1-16-20(10-12-32)25(21(11-13-33)17(2)29-16)22-15-31(19-6-4-3-5-7-19)30-26(22)18-8-9-23(27)24(28)14-18/h3-9,12-15,25,29H,10-11H2,1-2H3. The number of rotatable bonds is 7. The summed E-state index contributed by atoms with van der Waals surface area (Å²) in [6.45, 7) is 3.90. The smallest absolute Gasteiger partial charge is 0.124 e. The van der Waals surface area contributed by atoms with Gasteiger partial charge in [-0.05, 0) is 49.3 Å². The quantitative estimate of drug-likeness (QED) is 0.406. The number of aromatic nitrogens is 2. The van der Waals surface area contributed by atoms with Crippen molar-refractivity contribution in [2.75, 3.05) is 0 Å². The molecule has 0 amide bonds. The van der Waals surface area contributed by atoms with Crippen LogP contribution >= 0.6 is 23.2 Å². The first-order valence-corrected chi connectivity index (χ1v) is 11.3. The van der Waals surface area contributed by atoms with E-state index in [0.717, 1.165) is 57.6 Å².